The smallest absolute Gasteiger partial charge is 0.338 e. The zero-order chi connectivity index (χ0) is 34.8. The molecule has 0 aliphatic carbocycles. The van der Waals surface area contributed by atoms with Gasteiger partial charge in [-0.2, -0.15) is 5.10 Å². The molecular formula is C38H30ClN3O8. The molecule has 0 amide bonds. The standard InChI is InChI=1S/C38H30ClN3O8/c1-22-30-31(39)27-20-26(46-2)18-19-28(27)40-34(30)42(41-22)35-33(50-38(45)25-16-10-5-11-17-25)32(49-37(44)24-14-8-4-9-15-24)29(48-35)21-47-36(43)23-12-6-3-7-13-23/h3-20,29,32-33,35H,21H2,1-2H3/t29-,32-,33-,35-/m1/s1. The van der Waals surface area contributed by atoms with Crippen LogP contribution in [0.4, 0.5) is 0 Å². The Morgan fingerprint density at radius 2 is 1.34 bits per heavy atom. The van der Waals surface area contributed by atoms with E-state index in [1.54, 1.807) is 123 Å². The van der Waals surface area contributed by atoms with Crippen molar-refractivity contribution in [1.82, 2.24) is 14.8 Å². The van der Waals surface area contributed by atoms with Crippen molar-refractivity contribution in [3.63, 3.8) is 0 Å². The Morgan fingerprint density at radius 3 is 1.92 bits per heavy atom. The molecule has 7 rings (SSSR count). The van der Waals surface area contributed by atoms with Crippen LogP contribution in [0.3, 0.4) is 0 Å². The molecule has 1 saturated heterocycles. The molecule has 0 spiro atoms. The van der Waals surface area contributed by atoms with Gasteiger partial charge < -0.3 is 23.7 Å². The third-order valence-corrected chi connectivity index (χ3v) is 8.76. The monoisotopic (exact) mass is 691 g/mol. The first-order valence-electron chi connectivity index (χ1n) is 15.7. The molecule has 11 nitrogen and oxygen atoms in total. The Bertz CT molecular complexity index is 2190. The van der Waals surface area contributed by atoms with Crippen LogP contribution in [0.15, 0.2) is 109 Å². The number of carbonyl (C=O) groups is 3. The quantitative estimate of drug-likeness (QED) is 0.118. The molecule has 0 unspecified atom stereocenters. The zero-order valence-electron chi connectivity index (χ0n) is 26.9. The summed E-state index contributed by atoms with van der Waals surface area (Å²) < 4.78 is 31.2. The van der Waals surface area contributed by atoms with E-state index in [0.717, 1.165) is 0 Å². The first-order chi connectivity index (χ1) is 24.3. The summed E-state index contributed by atoms with van der Waals surface area (Å²) in [4.78, 5) is 45.0. The first-order valence-corrected chi connectivity index (χ1v) is 16.1. The first kappa shape index (κ1) is 32.8. The van der Waals surface area contributed by atoms with E-state index in [-0.39, 0.29) is 17.7 Å². The molecular weight excluding hydrogens is 662 g/mol. The normalized spacial score (nSPS) is 18.5. The maximum absolute atomic E-state index is 13.6. The van der Waals surface area contributed by atoms with E-state index in [9.17, 15) is 14.4 Å². The Balaban J connectivity index is 1.32. The zero-order valence-corrected chi connectivity index (χ0v) is 27.7. The summed E-state index contributed by atoms with van der Waals surface area (Å²) in [5.41, 5.74) is 2.27. The summed E-state index contributed by atoms with van der Waals surface area (Å²) >= 11 is 6.96. The van der Waals surface area contributed by atoms with Crippen molar-refractivity contribution in [2.75, 3.05) is 13.7 Å². The van der Waals surface area contributed by atoms with Crippen molar-refractivity contribution in [1.29, 1.82) is 0 Å². The molecule has 1 aliphatic heterocycles. The van der Waals surface area contributed by atoms with Gasteiger partial charge in [0.1, 0.15) is 18.5 Å². The highest BCUT2D eigenvalue weighted by atomic mass is 35.5. The third-order valence-electron chi connectivity index (χ3n) is 8.37. The molecule has 6 aromatic rings. The van der Waals surface area contributed by atoms with Crippen molar-refractivity contribution in [2.45, 2.75) is 31.5 Å². The number of aryl methyl sites for hydroxylation is 1. The minimum atomic E-state index is -1.27. The van der Waals surface area contributed by atoms with E-state index < -0.39 is 42.4 Å². The number of halogens is 1. The molecule has 0 radical (unpaired) electrons. The SMILES string of the molecule is COc1ccc2nc3c(c(C)nn3[C@@H]3O[C@H](COC(=O)c4ccccc4)[C@@H](OC(=O)c4ccccc4)[C@H]3OC(=O)c3ccccc3)c(Cl)c2c1. The van der Waals surface area contributed by atoms with Crippen molar-refractivity contribution in [2.24, 2.45) is 0 Å². The van der Waals surface area contributed by atoms with Crippen molar-refractivity contribution >= 4 is 51.4 Å². The number of carbonyl (C=O) groups excluding carboxylic acids is 3. The van der Waals surface area contributed by atoms with Gasteiger partial charge in [-0.25, -0.2) is 24.0 Å². The highest BCUT2D eigenvalue weighted by Crippen LogP contribution is 2.40. The molecule has 12 heteroatoms. The van der Waals surface area contributed by atoms with Gasteiger partial charge in [0, 0.05) is 5.39 Å². The van der Waals surface area contributed by atoms with Gasteiger partial charge in [0.15, 0.2) is 24.1 Å². The number of esters is 3. The molecule has 3 heterocycles. The molecule has 50 heavy (non-hydrogen) atoms. The molecule has 1 aliphatic rings. The van der Waals surface area contributed by atoms with E-state index in [2.05, 4.69) is 0 Å². The minimum Gasteiger partial charge on any atom is -0.497 e. The topological polar surface area (TPSA) is 128 Å². The van der Waals surface area contributed by atoms with Crippen LogP contribution in [0, 0.1) is 6.92 Å². The van der Waals surface area contributed by atoms with E-state index in [1.807, 2.05) is 0 Å². The second-order valence-corrected chi connectivity index (χ2v) is 11.9. The highest BCUT2D eigenvalue weighted by Gasteiger charge is 2.52. The number of benzene rings is 4. The van der Waals surface area contributed by atoms with Crippen LogP contribution in [-0.2, 0) is 18.9 Å². The number of rotatable bonds is 9. The van der Waals surface area contributed by atoms with Gasteiger partial charge in [0.05, 0.1) is 45.4 Å². The summed E-state index contributed by atoms with van der Waals surface area (Å²) in [7, 11) is 1.56. The van der Waals surface area contributed by atoms with Crippen LogP contribution in [0.25, 0.3) is 21.9 Å². The number of fused-ring (bicyclic) bond motifs is 2. The average Bonchev–Trinajstić information content (AvgIpc) is 3.67. The Kier molecular flexibility index (Phi) is 9.16. The Labute approximate surface area is 291 Å². The van der Waals surface area contributed by atoms with Crippen LogP contribution in [-0.4, -0.2) is 64.7 Å². The Morgan fingerprint density at radius 1 is 0.780 bits per heavy atom. The van der Waals surface area contributed by atoms with Crippen molar-refractivity contribution in [3.05, 3.63) is 137 Å². The highest BCUT2D eigenvalue weighted by molar-refractivity contribution is 6.40. The predicted octanol–water partition coefficient (Wildman–Crippen LogP) is 6.76. The van der Waals surface area contributed by atoms with Gasteiger partial charge in [0.2, 0.25) is 0 Å². The maximum atomic E-state index is 13.6. The van der Waals surface area contributed by atoms with Gasteiger partial charge in [-0.1, -0.05) is 66.2 Å². The second kappa shape index (κ2) is 14.0. The van der Waals surface area contributed by atoms with Crippen LogP contribution in [0.1, 0.15) is 43.0 Å². The predicted molar refractivity (Wildman–Crippen MR) is 183 cm³/mol. The van der Waals surface area contributed by atoms with Crippen LogP contribution >= 0.6 is 11.6 Å². The summed E-state index contributed by atoms with van der Waals surface area (Å²) in [5.74, 6) is -1.39. The third kappa shape index (κ3) is 6.36. The fourth-order valence-electron chi connectivity index (χ4n) is 5.90. The molecule has 0 N–H and O–H groups in total. The Hall–Kier alpha value is -5.78. The lowest BCUT2D eigenvalue weighted by molar-refractivity contribution is -0.0655. The van der Waals surface area contributed by atoms with E-state index in [1.165, 1.54) is 4.68 Å². The van der Waals surface area contributed by atoms with Gasteiger partial charge >= 0.3 is 17.9 Å². The summed E-state index contributed by atoms with van der Waals surface area (Å²) in [5, 5.41) is 6.34. The van der Waals surface area contributed by atoms with Gasteiger partial charge in [-0.3, -0.25) is 0 Å². The largest absolute Gasteiger partial charge is 0.497 e. The lowest BCUT2D eigenvalue weighted by atomic mass is 10.1. The molecule has 0 bridgehead atoms. The van der Waals surface area contributed by atoms with Crippen LogP contribution < -0.4 is 4.74 Å². The van der Waals surface area contributed by atoms with Gasteiger partial charge in [-0.15, -0.1) is 0 Å². The van der Waals surface area contributed by atoms with Crippen LogP contribution in [0.5, 0.6) is 5.75 Å². The number of aromatic nitrogens is 3. The lowest BCUT2D eigenvalue weighted by Crippen LogP contribution is -2.41. The molecule has 4 aromatic carbocycles. The average molecular weight is 692 g/mol. The molecule has 0 saturated carbocycles. The molecule has 1 fully saturated rings. The van der Waals surface area contributed by atoms with E-state index in [4.69, 9.17) is 45.4 Å². The van der Waals surface area contributed by atoms with Crippen molar-refractivity contribution < 1.29 is 38.1 Å². The van der Waals surface area contributed by atoms with Gasteiger partial charge in [0.25, 0.3) is 0 Å². The van der Waals surface area contributed by atoms with E-state index in [0.29, 0.717) is 44.0 Å². The number of nitrogens with zero attached hydrogens (tertiary/aromatic N) is 3. The lowest BCUT2D eigenvalue weighted by Gasteiger charge is -2.24. The summed E-state index contributed by atoms with van der Waals surface area (Å²) in [6.07, 6.45) is -4.80. The number of hydrogen-bond donors (Lipinski definition) is 0. The maximum Gasteiger partial charge on any atom is 0.338 e. The van der Waals surface area contributed by atoms with Crippen molar-refractivity contribution in [3.8, 4) is 5.75 Å². The number of pyridine rings is 1. The number of ether oxygens (including phenoxy) is 5. The number of hydrogen-bond acceptors (Lipinski definition) is 10. The molecule has 252 valence electrons. The molecule has 2 aromatic heterocycles. The van der Waals surface area contributed by atoms with Gasteiger partial charge in [-0.05, 0) is 61.5 Å². The minimum absolute atomic E-state index is 0.264. The summed E-state index contributed by atoms with van der Waals surface area (Å²) in [6, 6.07) is 30.5. The fourth-order valence-corrected chi connectivity index (χ4v) is 6.27. The second-order valence-electron chi connectivity index (χ2n) is 11.5. The summed E-state index contributed by atoms with van der Waals surface area (Å²) in [6.45, 7) is 1.43. The van der Waals surface area contributed by atoms with E-state index >= 15 is 0 Å². The van der Waals surface area contributed by atoms with Crippen LogP contribution in [0.2, 0.25) is 5.02 Å². The number of methoxy groups -OCH3 is 1. The molecule has 4 atom stereocenters. The fraction of sp³-hybridized carbons (Fsp3) is 0.184.